The van der Waals surface area contributed by atoms with Crippen molar-refractivity contribution in [2.24, 2.45) is 5.73 Å². The van der Waals surface area contributed by atoms with E-state index in [2.05, 4.69) is 5.32 Å². The van der Waals surface area contributed by atoms with Gasteiger partial charge in [0, 0.05) is 12.1 Å². The number of rotatable bonds is 7. The van der Waals surface area contributed by atoms with Crippen molar-refractivity contribution in [3.63, 3.8) is 0 Å². The predicted octanol–water partition coefficient (Wildman–Crippen LogP) is 1.24. The minimum Gasteiger partial charge on any atom is -0.480 e. The molecule has 0 bridgehead atoms. The molecule has 0 spiro atoms. The summed E-state index contributed by atoms with van der Waals surface area (Å²) >= 11 is 0. The van der Waals surface area contributed by atoms with E-state index in [1.54, 1.807) is 30.3 Å². The van der Waals surface area contributed by atoms with Crippen LogP contribution in [0.2, 0.25) is 0 Å². The molecule has 7 heteroatoms. The van der Waals surface area contributed by atoms with Crippen molar-refractivity contribution in [2.45, 2.75) is 24.8 Å². The highest BCUT2D eigenvalue weighted by Crippen LogP contribution is 2.19. The van der Waals surface area contributed by atoms with Gasteiger partial charge in [0.05, 0.1) is 0 Å². The van der Waals surface area contributed by atoms with Gasteiger partial charge in [-0.3, -0.25) is 4.79 Å². The summed E-state index contributed by atoms with van der Waals surface area (Å²) in [5.41, 5.74) is 3.02. The molecule has 20 heavy (non-hydrogen) atoms. The fourth-order valence-electron chi connectivity index (χ4n) is 1.58. The average molecular weight is 286 g/mol. The van der Waals surface area contributed by atoms with Crippen LogP contribution in [0.4, 0.5) is 8.78 Å². The number of carbonyl (C=O) groups excluding carboxylic acids is 1. The number of alkyl halides is 2. The lowest BCUT2D eigenvalue weighted by Crippen LogP contribution is -2.54. The second-order valence-corrected chi connectivity index (χ2v) is 4.37. The van der Waals surface area contributed by atoms with E-state index >= 15 is 0 Å². The average Bonchev–Trinajstić information content (AvgIpc) is 2.43. The Hall–Kier alpha value is -2.02. The third-order valence-corrected chi connectivity index (χ3v) is 2.88. The first-order chi connectivity index (χ1) is 9.38. The number of nitrogens with one attached hydrogen (secondary N) is 1. The van der Waals surface area contributed by atoms with Crippen LogP contribution in [0.15, 0.2) is 30.3 Å². The van der Waals surface area contributed by atoms with Gasteiger partial charge in [0.15, 0.2) is 5.54 Å². The molecule has 0 aliphatic heterocycles. The van der Waals surface area contributed by atoms with Crippen LogP contribution >= 0.6 is 0 Å². The van der Waals surface area contributed by atoms with Gasteiger partial charge in [0.25, 0.3) is 12.3 Å². The molecule has 5 nitrogen and oxygen atoms in total. The second-order valence-electron chi connectivity index (χ2n) is 4.37. The van der Waals surface area contributed by atoms with Gasteiger partial charge in [-0.2, -0.15) is 0 Å². The van der Waals surface area contributed by atoms with Crippen LogP contribution in [0.5, 0.6) is 0 Å². The first kappa shape index (κ1) is 16.0. The molecular weight excluding hydrogens is 270 g/mol. The van der Waals surface area contributed by atoms with Crippen LogP contribution in [-0.4, -0.2) is 35.5 Å². The summed E-state index contributed by atoms with van der Waals surface area (Å²) in [6.07, 6.45) is -3.54. The fraction of sp³-hybridized carbons (Fsp3) is 0.385. The zero-order chi connectivity index (χ0) is 15.2. The molecule has 1 atom stereocenters. The lowest BCUT2D eigenvalue weighted by atomic mass is 9.95. The number of carbonyl (C=O) groups is 2. The highest BCUT2D eigenvalue weighted by molar-refractivity contribution is 5.94. The van der Waals surface area contributed by atoms with E-state index in [1.807, 2.05) is 0 Å². The Labute approximate surface area is 114 Å². The molecule has 0 fully saturated rings. The van der Waals surface area contributed by atoms with E-state index in [1.165, 1.54) is 0 Å². The van der Waals surface area contributed by atoms with Crippen LogP contribution in [0.25, 0.3) is 0 Å². The van der Waals surface area contributed by atoms with E-state index in [9.17, 15) is 18.4 Å². The largest absolute Gasteiger partial charge is 0.480 e. The number of hydrogen-bond acceptors (Lipinski definition) is 3. The molecule has 0 aliphatic carbocycles. The maximum Gasteiger partial charge on any atom is 0.329 e. The molecule has 1 rings (SSSR count). The molecule has 0 aromatic heterocycles. The Balaban J connectivity index is 2.42. The highest BCUT2D eigenvalue weighted by Gasteiger charge is 2.43. The lowest BCUT2D eigenvalue weighted by molar-refractivity contribution is -0.150. The molecule has 0 saturated heterocycles. The minimum atomic E-state index is -3.16. The van der Waals surface area contributed by atoms with Gasteiger partial charge in [-0.25, -0.2) is 13.6 Å². The van der Waals surface area contributed by atoms with Gasteiger partial charge in [0.2, 0.25) is 0 Å². The molecule has 110 valence electrons. The van der Waals surface area contributed by atoms with Crippen LogP contribution in [-0.2, 0) is 4.79 Å². The standard InChI is InChI=1S/C13H16F2N2O3/c14-11(15)13(16,12(19)20)7-4-8-17-10(18)9-5-2-1-3-6-9/h1-3,5-6,11H,4,7-8,16H2,(H,17,18)(H,19,20). The van der Waals surface area contributed by atoms with E-state index in [4.69, 9.17) is 10.8 Å². The van der Waals surface area contributed by atoms with Crippen LogP contribution in [0.3, 0.4) is 0 Å². The maximum absolute atomic E-state index is 12.6. The Morgan fingerprint density at radius 3 is 2.40 bits per heavy atom. The SMILES string of the molecule is NC(CCCNC(=O)c1ccccc1)(C(=O)O)C(F)F. The summed E-state index contributed by atoms with van der Waals surface area (Å²) < 4.78 is 25.2. The first-order valence-corrected chi connectivity index (χ1v) is 6.01. The number of aliphatic carboxylic acids is 1. The van der Waals surface area contributed by atoms with E-state index in [0.717, 1.165) is 0 Å². The second kappa shape index (κ2) is 6.95. The van der Waals surface area contributed by atoms with Gasteiger partial charge in [0.1, 0.15) is 0 Å². The fourth-order valence-corrected chi connectivity index (χ4v) is 1.58. The Kier molecular flexibility index (Phi) is 5.57. The van der Waals surface area contributed by atoms with Crippen LogP contribution in [0, 0.1) is 0 Å². The van der Waals surface area contributed by atoms with Crippen molar-refractivity contribution in [1.82, 2.24) is 5.32 Å². The highest BCUT2D eigenvalue weighted by atomic mass is 19.3. The molecule has 0 heterocycles. The van der Waals surface area contributed by atoms with Crippen LogP contribution < -0.4 is 11.1 Å². The minimum absolute atomic E-state index is 0.0473. The Morgan fingerprint density at radius 1 is 1.30 bits per heavy atom. The Morgan fingerprint density at radius 2 is 1.90 bits per heavy atom. The van der Waals surface area contributed by atoms with Crippen molar-refractivity contribution in [3.8, 4) is 0 Å². The lowest BCUT2D eigenvalue weighted by Gasteiger charge is -2.23. The number of hydrogen-bond donors (Lipinski definition) is 3. The van der Waals surface area contributed by atoms with Gasteiger partial charge in [-0.15, -0.1) is 0 Å². The molecule has 1 aromatic carbocycles. The molecule has 1 unspecified atom stereocenters. The molecule has 4 N–H and O–H groups in total. The summed E-state index contributed by atoms with van der Waals surface area (Å²) in [6, 6.07) is 8.37. The molecular formula is C13H16F2N2O3. The molecule has 1 aromatic rings. The summed E-state index contributed by atoms with van der Waals surface area (Å²) in [4.78, 5) is 22.4. The predicted molar refractivity (Wildman–Crippen MR) is 68.6 cm³/mol. The van der Waals surface area contributed by atoms with Crippen molar-refractivity contribution < 1.29 is 23.5 Å². The summed E-state index contributed by atoms with van der Waals surface area (Å²) in [5, 5.41) is 11.2. The molecule has 1 amide bonds. The van der Waals surface area contributed by atoms with Gasteiger partial charge in [-0.1, -0.05) is 18.2 Å². The number of carboxylic acids is 1. The number of amides is 1. The number of carboxylic acid groups (broad SMARTS) is 1. The van der Waals surface area contributed by atoms with Gasteiger partial charge in [-0.05, 0) is 25.0 Å². The van der Waals surface area contributed by atoms with Gasteiger partial charge < -0.3 is 16.2 Å². The number of halogens is 2. The summed E-state index contributed by atoms with van der Waals surface area (Å²) in [5.74, 6) is -2.09. The number of benzene rings is 1. The van der Waals surface area contributed by atoms with E-state index in [0.29, 0.717) is 5.56 Å². The third-order valence-electron chi connectivity index (χ3n) is 2.88. The topological polar surface area (TPSA) is 92.4 Å². The van der Waals surface area contributed by atoms with E-state index < -0.39 is 24.4 Å². The molecule has 0 radical (unpaired) electrons. The Bertz CT molecular complexity index is 468. The van der Waals surface area contributed by atoms with Crippen molar-refractivity contribution >= 4 is 11.9 Å². The zero-order valence-electron chi connectivity index (χ0n) is 10.7. The number of nitrogens with two attached hydrogens (primary N) is 1. The van der Waals surface area contributed by atoms with Crippen molar-refractivity contribution in [2.75, 3.05) is 6.54 Å². The third kappa shape index (κ3) is 3.99. The zero-order valence-corrected chi connectivity index (χ0v) is 10.7. The quantitative estimate of drug-likeness (QED) is 0.658. The summed E-state index contributed by atoms with van der Waals surface area (Å²) in [7, 11) is 0. The first-order valence-electron chi connectivity index (χ1n) is 6.01. The van der Waals surface area contributed by atoms with Crippen LogP contribution in [0.1, 0.15) is 23.2 Å². The smallest absolute Gasteiger partial charge is 0.329 e. The maximum atomic E-state index is 12.6. The van der Waals surface area contributed by atoms with Crippen molar-refractivity contribution in [1.29, 1.82) is 0 Å². The molecule has 0 aliphatic rings. The monoisotopic (exact) mass is 286 g/mol. The normalized spacial score (nSPS) is 13.8. The van der Waals surface area contributed by atoms with Crippen molar-refractivity contribution in [3.05, 3.63) is 35.9 Å². The van der Waals surface area contributed by atoms with Gasteiger partial charge >= 0.3 is 5.97 Å². The summed E-state index contributed by atoms with van der Waals surface area (Å²) in [6.45, 7) is 0.0761. The van der Waals surface area contributed by atoms with E-state index in [-0.39, 0.29) is 18.9 Å². The molecule has 0 saturated carbocycles.